The number of nitrogens with zero attached hydrogens (tertiary/aromatic N) is 3. The number of aryl methyl sites for hydroxylation is 1. The summed E-state index contributed by atoms with van der Waals surface area (Å²) in [5.41, 5.74) is 2.19. The van der Waals surface area contributed by atoms with Crippen molar-refractivity contribution in [3.8, 4) is 5.75 Å². The van der Waals surface area contributed by atoms with Crippen LogP contribution >= 0.6 is 11.3 Å². The number of hydrogen-bond donors (Lipinski definition) is 1. The summed E-state index contributed by atoms with van der Waals surface area (Å²) in [6, 6.07) is 11.7. The van der Waals surface area contributed by atoms with Crippen LogP contribution in [0.15, 0.2) is 58.0 Å². The van der Waals surface area contributed by atoms with Crippen LogP contribution in [0.4, 0.5) is 5.13 Å². The molecule has 0 spiro atoms. The van der Waals surface area contributed by atoms with Crippen molar-refractivity contribution in [2.24, 2.45) is 5.92 Å². The SMILES string of the molecule is Cc1ccc(S(=O)(=O)OCC(CO)COc2ccc3nc(C=Cc4cnc(N5CCCCC5)s4)oc3c2)cc1. The van der Waals surface area contributed by atoms with Gasteiger partial charge in [-0.1, -0.05) is 29.0 Å². The first-order chi connectivity index (χ1) is 18.9. The number of piperidine rings is 1. The maximum absolute atomic E-state index is 12.4. The molecule has 1 saturated heterocycles. The Labute approximate surface area is 231 Å². The van der Waals surface area contributed by atoms with Crippen molar-refractivity contribution >= 4 is 49.8 Å². The van der Waals surface area contributed by atoms with Gasteiger partial charge in [0.25, 0.3) is 10.1 Å². The molecule has 206 valence electrons. The predicted octanol–water partition coefficient (Wildman–Crippen LogP) is 5.15. The summed E-state index contributed by atoms with van der Waals surface area (Å²) in [7, 11) is -3.92. The Morgan fingerprint density at radius 2 is 1.90 bits per heavy atom. The van der Waals surface area contributed by atoms with Crippen LogP contribution in [0, 0.1) is 12.8 Å². The minimum absolute atomic E-state index is 0.0665. The van der Waals surface area contributed by atoms with Crippen LogP contribution in [-0.2, 0) is 14.3 Å². The van der Waals surface area contributed by atoms with E-state index in [-0.39, 0.29) is 24.7 Å². The number of aliphatic hydroxyl groups is 1. The summed E-state index contributed by atoms with van der Waals surface area (Å²) in [6.07, 6.45) is 9.35. The van der Waals surface area contributed by atoms with E-state index in [2.05, 4.69) is 14.9 Å². The van der Waals surface area contributed by atoms with Crippen LogP contribution in [0.2, 0.25) is 0 Å². The number of oxazole rings is 1. The van der Waals surface area contributed by atoms with E-state index in [0.29, 0.717) is 22.7 Å². The molecule has 0 saturated carbocycles. The third-order valence-electron chi connectivity index (χ3n) is 6.42. The molecule has 1 aliphatic heterocycles. The summed E-state index contributed by atoms with van der Waals surface area (Å²) in [6.45, 7) is 3.56. The van der Waals surface area contributed by atoms with Crippen LogP contribution in [0.25, 0.3) is 23.3 Å². The molecule has 0 amide bonds. The molecule has 3 heterocycles. The van der Waals surface area contributed by atoms with Gasteiger partial charge in [-0.15, -0.1) is 0 Å². The van der Waals surface area contributed by atoms with E-state index in [0.717, 1.165) is 28.7 Å². The average Bonchev–Trinajstić information content (AvgIpc) is 3.59. The summed E-state index contributed by atoms with van der Waals surface area (Å²) in [4.78, 5) is 12.5. The lowest BCUT2D eigenvalue weighted by atomic mass is 10.1. The van der Waals surface area contributed by atoms with Gasteiger partial charge in [0.15, 0.2) is 10.7 Å². The van der Waals surface area contributed by atoms with Crippen LogP contribution < -0.4 is 9.64 Å². The molecular weight excluding hydrogens is 538 g/mol. The van der Waals surface area contributed by atoms with Crippen LogP contribution in [0.1, 0.15) is 35.6 Å². The number of fused-ring (bicyclic) bond motifs is 1. The zero-order chi connectivity index (χ0) is 27.2. The molecule has 39 heavy (non-hydrogen) atoms. The highest BCUT2D eigenvalue weighted by Gasteiger charge is 2.19. The first-order valence-electron chi connectivity index (χ1n) is 12.9. The Balaban J connectivity index is 1.17. The van der Waals surface area contributed by atoms with E-state index in [9.17, 15) is 13.5 Å². The molecule has 11 heteroatoms. The van der Waals surface area contributed by atoms with Crippen LogP contribution in [0.3, 0.4) is 0 Å². The van der Waals surface area contributed by atoms with Gasteiger partial charge >= 0.3 is 0 Å². The number of ether oxygens (including phenoxy) is 1. The summed E-state index contributed by atoms with van der Waals surface area (Å²) in [5.74, 6) is 0.448. The quantitative estimate of drug-likeness (QED) is 0.245. The fourth-order valence-electron chi connectivity index (χ4n) is 4.15. The smallest absolute Gasteiger partial charge is 0.296 e. The Morgan fingerprint density at radius 3 is 2.67 bits per heavy atom. The molecular formula is C28H31N3O6S2. The molecule has 9 nitrogen and oxygen atoms in total. The first kappa shape index (κ1) is 27.3. The third-order valence-corrected chi connectivity index (χ3v) is 8.74. The molecule has 0 radical (unpaired) electrons. The maximum Gasteiger partial charge on any atom is 0.296 e. The number of aromatic nitrogens is 2. The number of benzene rings is 2. The highest BCUT2D eigenvalue weighted by atomic mass is 32.2. The van der Waals surface area contributed by atoms with E-state index in [1.54, 1.807) is 41.7 Å². The maximum atomic E-state index is 12.4. The molecule has 5 rings (SSSR count). The van der Waals surface area contributed by atoms with Gasteiger partial charge in [-0.25, -0.2) is 9.97 Å². The van der Waals surface area contributed by atoms with E-state index in [4.69, 9.17) is 13.3 Å². The van der Waals surface area contributed by atoms with Crippen molar-refractivity contribution in [2.75, 3.05) is 37.8 Å². The van der Waals surface area contributed by atoms with Crippen molar-refractivity contribution in [2.45, 2.75) is 31.1 Å². The van der Waals surface area contributed by atoms with E-state index in [1.165, 1.54) is 31.4 Å². The molecule has 0 aliphatic carbocycles. The molecule has 4 aromatic rings. The second kappa shape index (κ2) is 12.3. The van der Waals surface area contributed by atoms with Gasteiger partial charge in [-0.2, -0.15) is 8.42 Å². The Bertz CT molecular complexity index is 1520. The van der Waals surface area contributed by atoms with Gasteiger partial charge < -0.3 is 19.2 Å². The molecule has 2 aromatic heterocycles. The van der Waals surface area contributed by atoms with Crippen molar-refractivity contribution in [3.05, 3.63) is 65.0 Å². The summed E-state index contributed by atoms with van der Waals surface area (Å²) < 4.78 is 41.7. The number of rotatable bonds is 11. The lowest BCUT2D eigenvalue weighted by molar-refractivity contribution is 0.118. The van der Waals surface area contributed by atoms with Gasteiger partial charge in [0.1, 0.15) is 11.3 Å². The van der Waals surface area contributed by atoms with Crippen LogP contribution in [0.5, 0.6) is 5.75 Å². The average molecular weight is 570 g/mol. The normalized spacial score (nSPS) is 15.3. The first-order valence-corrected chi connectivity index (χ1v) is 15.1. The molecule has 1 N–H and O–H groups in total. The second-order valence-corrected chi connectivity index (χ2v) is 12.2. The highest BCUT2D eigenvalue weighted by Crippen LogP contribution is 2.28. The van der Waals surface area contributed by atoms with Gasteiger partial charge in [-0.3, -0.25) is 4.18 Å². The molecule has 1 fully saturated rings. The van der Waals surface area contributed by atoms with Gasteiger partial charge in [-0.05, 0) is 56.5 Å². The second-order valence-electron chi connectivity index (χ2n) is 9.52. The Kier molecular flexibility index (Phi) is 8.61. The number of aliphatic hydroxyl groups excluding tert-OH is 1. The van der Waals surface area contributed by atoms with Gasteiger partial charge in [0, 0.05) is 42.2 Å². The fourth-order valence-corrected chi connectivity index (χ4v) is 6.00. The highest BCUT2D eigenvalue weighted by molar-refractivity contribution is 7.86. The van der Waals surface area contributed by atoms with Gasteiger partial charge in [0.2, 0.25) is 5.89 Å². The van der Waals surface area contributed by atoms with Gasteiger partial charge in [0.05, 0.1) is 24.7 Å². The van der Waals surface area contributed by atoms with Crippen molar-refractivity contribution in [1.82, 2.24) is 9.97 Å². The van der Waals surface area contributed by atoms with E-state index < -0.39 is 16.0 Å². The number of anilines is 1. The molecule has 2 aromatic carbocycles. The van der Waals surface area contributed by atoms with E-state index >= 15 is 0 Å². The minimum atomic E-state index is -3.92. The molecule has 1 unspecified atom stereocenters. The lowest BCUT2D eigenvalue weighted by Crippen LogP contribution is -2.29. The van der Waals surface area contributed by atoms with E-state index in [1.807, 2.05) is 25.3 Å². The Morgan fingerprint density at radius 1 is 1.10 bits per heavy atom. The zero-order valence-electron chi connectivity index (χ0n) is 21.7. The third kappa shape index (κ3) is 7.04. The Hall–Kier alpha value is -3.25. The van der Waals surface area contributed by atoms with Crippen molar-refractivity contribution in [1.29, 1.82) is 0 Å². The monoisotopic (exact) mass is 569 g/mol. The topological polar surface area (TPSA) is 115 Å². The molecule has 1 atom stereocenters. The van der Waals surface area contributed by atoms with Crippen molar-refractivity contribution < 1.29 is 26.9 Å². The minimum Gasteiger partial charge on any atom is -0.493 e. The molecule has 1 aliphatic rings. The lowest BCUT2D eigenvalue weighted by Gasteiger charge is -2.25. The predicted molar refractivity (Wildman–Crippen MR) is 152 cm³/mol. The standard InChI is InChI=1S/C28H31N3O6S2/c1-20-5-9-24(10-6-20)39(33,34)36-19-21(17-32)18-35-22-7-11-25-26(15-22)37-27(30-25)12-8-23-16-29-28(38-23)31-13-3-2-4-14-31/h5-12,15-16,21,32H,2-4,13-14,17-19H2,1H3. The molecule has 0 bridgehead atoms. The number of hydrogen-bond acceptors (Lipinski definition) is 10. The summed E-state index contributed by atoms with van der Waals surface area (Å²) >= 11 is 1.65. The van der Waals surface area contributed by atoms with Crippen LogP contribution in [-0.4, -0.2) is 56.4 Å². The summed E-state index contributed by atoms with van der Waals surface area (Å²) in [5, 5.41) is 10.8. The fraction of sp³-hybridized carbons (Fsp3) is 0.357. The largest absolute Gasteiger partial charge is 0.493 e. The number of thiazole rings is 1. The van der Waals surface area contributed by atoms with Crippen molar-refractivity contribution in [3.63, 3.8) is 0 Å². The zero-order valence-corrected chi connectivity index (χ0v) is 23.3.